The van der Waals surface area contributed by atoms with Crippen LogP contribution in [0.4, 0.5) is 0 Å². The maximum absolute atomic E-state index is 10.6. The van der Waals surface area contributed by atoms with Gasteiger partial charge in [0.1, 0.15) is 6.10 Å². The molecule has 0 heterocycles. The Kier molecular flexibility index (Phi) is 8.06. The number of ether oxygens (including phenoxy) is 1. The Balaban J connectivity index is 3.92. The van der Waals surface area contributed by atoms with Gasteiger partial charge in [-0.1, -0.05) is 24.0 Å². The van der Waals surface area contributed by atoms with Crippen LogP contribution in [0.5, 0.6) is 0 Å². The Morgan fingerprint density at radius 2 is 2.27 bits per heavy atom. The quantitative estimate of drug-likeness (QED) is 0.297. The van der Waals surface area contributed by atoms with Crippen molar-refractivity contribution in [2.75, 3.05) is 13.7 Å². The van der Waals surface area contributed by atoms with Crippen molar-refractivity contribution in [1.82, 2.24) is 0 Å². The van der Waals surface area contributed by atoms with Crippen LogP contribution in [0.3, 0.4) is 0 Å². The van der Waals surface area contributed by atoms with Crippen LogP contribution in [0.15, 0.2) is 24.3 Å². The van der Waals surface area contributed by atoms with Gasteiger partial charge in [0.25, 0.3) is 0 Å². The number of carbonyl (C=O) groups excluding carboxylic acids is 1. The molecule has 0 aliphatic heterocycles. The fourth-order valence-corrected chi connectivity index (χ4v) is 0.652. The molecule has 0 rings (SSSR count). The second kappa shape index (κ2) is 9.00. The van der Waals surface area contributed by atoms with E-state index in [1.165, 1.54) is 31.4 Å². The first-order chi connectivity index (χ1) is 7.20. The number of esters is 1. The van der Waals surface area contributed by atoms with Crippen molar-refractivity contribution >= 4 is 5.97 Å². The van der Waals surface area contributed by atoms with E-state index in [4.69, 9.17) is 5.11 Å². The zero-order chi connectivity index (χ0) is 11.5. The Hall–Kier alpha value is -1.57. The van der Waals surface area contributed by atoms with Gasteiger partial charge in [-0.2, -0.15) is 0 Å². The fraction of sp³-hybridized carbons (Fsp3) is 0.364. The molecule has 0 radical (unpaired) electrons. The van der Waals surface area contributed by atoms with Crippen LogP contribution in [0.25, 0.3) is 0 Å². The molecule has 1 unspecified atom stereocenters. The SMILES string of the molecule is COC(=O)/C=C/C=C/C(O)C#CCCO. The highest BCUT2D eigenvalue weighted by molar-refractivity contribution is 5.82. The summed E-state index contributed by atoms with van der Waals surface area (Å²) in [6.45, 7) is -0.0221. The molecule has 0 amide bonds. The number of methoxy groups -OCH3 is 1. The normalized spacial score (nSPS) is 12.5. The molecule has 0 aromatic heterocycles. The number of aliphatic hydroxyl groups excluding tert-OH is 2. The molecule has 4 heteroatoms. The number of hydrogen-bond donors (Lipinski definition) is 2. The maximum atomic E-state index is 10.6. The predicted molar refractivity (Wildman–Crippen MR) is 55.8 cm³/mol. The van der Waals surface area contributed by atoms with Crippen molar-refractivity contribution in [2.45, 2.75) is 12.5 Å². The third kappa shape index (κ3) is 8.75. The molecule has 15 heavy (non-hydrogen) atoms. The second-order valence-corrected chi connectivity index (χ2v) is 2.51. The molecule has 0 aromatic rings. The van der Waals surface area contributed by atoms with Crippen molar-refractivity contribution < 1.29 is 19.7 Å². The highest BCUT2D eigenvalue weighted by Gasteiger charge is 1.89. The van der Waals surface area contributed by atoms with Crippen LogP contribution < -0.4 is 0 Å². The van der Waals surface area contributed by atoms with Gasteiger partial charge in [-0.3, -0.25) is 0 Å². The number of allylic oxidation sites excluding steroid dienone is 2. The minimum atomic E-state index is -0.890. The van der Waals surface area contributed by atoms with Crippen LogP contribution >= 0.6 is 0 Å². The van der Waals surface area contributed by atoms with Gasteiger partial charge in [-0.25, -0.2) is 4.79 Å². The van der Waals surface area contributed by atoms with Crippen LogP contribution in [0.2, 0.25) is 0 Å². The monoisotopic (exact) mass is 210 g/mol. The van der Waals surface area contributed by atoms with Gasteiger partial charge < -0.3 is 14.9 Å². The molecule has 0 saturated heterocycles. The van der Waals surface area contributed by atoms with Gasteiger partial charge in [0.2, 0.25) is 0 Å². The van der Waals surface area contributed by atoms with Crippen LogP contribution in [-0.2, 0) is 9.53 Å². The molecule has 0 fully saturated rings. The lowest BCUT2D eigenvalue weighted by Gasteiger charge is -1.91. The Labute approximate surface area is 88.9 Å². The summed E-state index contributed by atoms with van der Waals surface area (Å²) in [7, 11) is 1.28. The van der Waals surface area contributed by atoms with Crippen LogP contribution in [0, 0.1) is 11.8 Å². The lowest BCUT2D eigenvalue weighted by molar-refractivity contribution is -0.134. The largest absolute Gasteiger partial charge is 0.466 e. The first-order valence-electron chi connectivity index (χ1n) is 4.41. The summed E-state index contributed by atoms with van der Waals surface area (Å²) in [6.07, 6.45) is 5.04. The van der Waals surface area contributed by atoms with E-state index in [1.807, 2.05) is 0 Å². The van der Waals surface area contributed by atoms with E-state index >= 15 is 0 Å². The molecule has 0 saturated carbocycles. The lowest BCUT2D eigenvalue weighted by atomic mass is 10.3. The third-order valence-corrected chi connectivity index (χ3v) is 1.32. The second-order valence-electron chi connectivity index (χ2n) is 2.51. The molecule has 0 aromatic carbocycles. The van der Waals surface area contributed by atoms with Crippen LogP contribution in [-0.4, -0.2) is 36.0 Å². The van der Waals surface area contributed by atoms with Crippen LogP contribution in [0.1, 0.15) is 6.42 Å². The highest BCUT2D eigenvalue weighted by atomic mass is 16.5. The molecule has 4 nitrogen and oxygen atoms in total. The molecule has 82 valence electrons. The zero-order valence-corrected chi connectivity index (χ0v) is 8.51. The molecular weight excluding hydrogens is 196 g/mol. The lowest BCUT2D eigenvalue weighted by Crippen LogP contribution is -1.97. The van der Waals surface area contributed by atoms with Gasteiger partial charge in [0.15, 0.2) is 0 Å². The van der Waals surface area contributed by atoms with E-state index < -0.39 is 12.1 Å². The predicted octanol–water partition coefficient (Wildman–Crippen LogP) is 0.0185. The van der Waals surface area contributed by atoms with Gasteiger partial charge >= 0.3 is 5.97 Å². The van der Waals surface area contributed by atoms with Crippen molar-refractivity contribution in [3.05, 3.63) is 24.3 Å². The van der Waals surface area contributed by atoms with Gasteiger partial charge in [0, 0.05) is 12.5 Å². The number of carbonyl (C=O) groups is 1. The summed E-state index contributed by atoms with van der Waals surface area (Å²) in [5.74, 6) is 4.62. The van der Waals surface area contributed by atoms with Crippen molar-refractivity contribution in [2.24, 2.45) is 0 Å². The maximum Gasteiger partial charge on any atom is 0.330 e. The van der Waals surface area contributed by atoms with E-state index in [-0.39, 0.29) is 6.61 Å². The smallest absolute Gasteiger partial charge is 0.330 e. The van der Waals surface area contributed by atoms with Gasteiger partial charge in [-0.05, 0) is 6.08 Å². The topological polar surface area (TPSA) is 66.8 Å². The van der Waals surface area contributed by atoms with Crippen molar-refractivity contribution in [3.8, 4) is 11.8 Å². The standard InChI is InChI=1S/C11H14O4/c1-15-11(14)8-3-2-6-10(13)7-4-5-9-12/h2-3,6,8,10,12-13H,5,9H2,1H3/b6-2+,8-3+. The third-order valence-electron chi connectivity index (χ3n) is 1.32. The van der Waals surface area contributed by atoms with E-state index in [9.17, 15) is 9.90 Å². The summed E-state index contributed by atoms with van der Waals surface area (Å²) < 4.78 is 4.36. The summed E-state index contributed by atoms with van der Waals surface area (Å²) in [5.41, 5.74) is 0. The summed E-state index contributed by atoms with van der Waals surface area (Å²) in [4.78, 5) is 10.6. The summed E-state index contributed by atoms with van der Waals surface area (Å²) in [5, 5.41) is 17.6. The van der Waals surface area contributed by atoms with E-state index in [1.54, 1.807) is 0 Å². The molecular formula is C11H14O4. The molecule has 2 N–H and O–H groups in total. The average Bonchev–Trinajstić information content (AvgIpc) is 2.24. The fourth-order valence-electron chi connectivity index (χ4n) is 0.652. The highest BCUT2D eigenvalue weighted by Crippen LogP contribution is 1.86. The van der Waals surface area contributed by atoms with Crippen molar-refractivity contribution in [1.29, 1.82) is 0 Å². The first-order valence-corrected chi connectivity index (χ1v) is 4.41. The van der Waals surface area contributed by atoms with Crippen molar-refractivity contribution in [3.63, 3.8) is 0 Å². The molecule has 0 bridgehead atoms. The number of hydrogen-bond acceptors (Lipinski definition) is 4. The minimum absolute atomic E-state index is 0.0221. The summed E-state index contributed by atoms with van der Waals surface area (Å²) >= 11 is 0. The summed E-state index contributed by atoms with van der Waals surface area (Å²) in [6, 6.07) is 0. The zero-order valence-electron chi connectivity index (χ0n) is 8.51. The number of rotatable bonds is 4. The molecule has 0 aliphatic carbocycles. The van der Waals surface area contributed by atoms with Gasteiger partial charge in [0.05, 0.1) is 13.7 Å². The number of aliphatic hydroxyl groups is 2. The average molecular weight is 210 g/mol. The minimum Gasteiger partial charge on any atom is -0.466 e. The first kappa shape index (κ1) is 13.4. The Morgan fingerprint density at radius 1 is 1.53 bits per heavy atom. The Morgan fingerprint density at radius 3 is 2.87 bits per heavy atom. The van der Waals surface area contributed by atoms with Gasteiger partial charge in [-0.15, -0.1) is 0 Å². The molecule has 1 atom stereocenters. The van der Waals surface area contributed by atoms with E-state index in [0.717, 1.165) is 0 Å². The molecule has 0 spiro atoms. The Bertz CT molecular complexity index is 293. The van der Waals surface area contributed by atoms with E-state index in [2.05, 4.69) is 16.6 Å². The van der Waals surface area contributed by atoms with E-state index in [0.29, 0.717) is 6.42 Å². The molecule has 0 aliphatic rings.